The van der Waals surface area contributed by atoms with Crippen molar-refractivity contribution in [3.8, 4) is 0 Å². The number of amides is 1. The molecule has 0 heterocycles. The first-order valence-corrected chi connectivity index (χ1v) is 6.42. The maximum atomic E-state index is 13.4. The van der Waals surface area contributed by atoms with Crippen LogP contribution in [0.4, 0.5) is 10.1 Å². The SMILES string of the molecule is Cc1c(N)cccc1CNC(=O)Cc1ccccc1F. The second-order valence-electron chi connectivity index (χ2n) is 4.68. The molecular formula is C16H17FN2O. The van der Waals surface area contributed by atoms with Gasteiger partial charge >= 0.3 is 0 Å². The molecule has 1 amide bonds. The molecule has 0 aliphatic rings. The van der Waals surface area contributed by atoms with E-state index in [2.05, 4.69) is 5.32 Å². The van der Waals surface area contributed by atoms with E-state index in [0.29, 0.717) is 17.8 Å². The molecule has 0 saturated heterocycles. The number of hydrogen-bond donors (Lipinski definition) is 2. The molecule has 0 bridgehead atoms. The largest absolute Gasteiger partial charge is 0.399 e. The Morgan fingerprint density at radius 1 is 1.15 bits per heavy atom. The Morgan fingerprint density at radius 3 is 2.60 bits per heavy atom. The summed E-state index contributed by atoms with van der Waals surface area (Å²) in [6.45, 7) is 2.30. The number of benzene rings is 2. The van der Waals surface area contributed by atoms with Gasteiger partial charge in [0.1, 0.15) is 5.82 Å². The molecule has 0 radical (unpaired) electrons. The van der Waals surface area contributed by atoms with Crippen LogP contribution in [0.3, 0.4) is 0 Å². The van der Waals surface area contributed by atoms with Gasteiger partial charge in [0.05, 0.1) is 6.42 Å². The summed E-state index contributed by atoms with van der Waals surface area (Å²) in [5.41, 5.74) is 8.83. The van der Waals surface area contributed by atoms with Gasteiger partial charge < -0.3 is 11.1 Å². The van der Waals surface area contributed by atoms with Crippen molar-refractivity contribution in [3.05, 3.63) is 65.0 Å². The highest BCUT2D eigenvalue weighted by atomic mass is 19.1. The molecule has 0 fully saturated rings. The van der Waals surface area contributed by atoms with Crippen LogP contribution in [-0.2, 0) is 17.8 Å². The van der Waals surface area contributed by atoms with Crippen molar-refractivity contribution in [2.75, 3.05) is 5.73 Å². The molecule has 0 unspecified atom stereocenters. The Balaban J connectivity index is 1.96. The summed E-state index contributed by atoms with van der Waals surface area (Å²) >= 11 is 0. The molecule has 0 atom stereocenters. The van der Waals surface area contributed by atoms with Crippen LogP contribution >= 0.6 is 0 Å². The first-order chi connectivity index (χ1) is 9.58. The number of nitrogens with two attached hydrogens (primary N) is 1. The lowest BCUT2D eigenvalue weighted by Gasteiger charge is -2.10. The lowest BCUT2D eigenvalue weighted by Crippen LogP contribution is -2.25. The predicted molar refractivity (Wildman–Crippen MR) is 77.5 cm³/mol. The van der Waals surface area contributed by atoms with Crippen molar-refractivity contribution < 1.29 is 9.18 Å². The van der Waals surface area contributed by atoms with Crippen LogP contribution < -0.4 is 11.1 Å². The molecule has 0 saturated carbocycles. The van der Waals surface area contributed by atoms with Gasteiger partial charge in [-0.25, -0.2) is 4.39 Å². The fourth-order valence-corrected chi connectivity index (χ4v) is 1.97. The van der Waals surface area contributed by atoms with Crippen LogP contribution in [0.5, 0.6) is 0 Å². The average molecular weight is 272 g/mol. The summed E-state index contributed by atoms with van der Waals surface area (Å²) in [5, 5.41) is 2.78. The zero-order valence-electron chi connectivity index (χ0n) is 11.3. The van der Waals surface area contributed by atoms with E-state index in [1.807, 2.05) is 25.1 Å². The molecule has 0 aliphatic heterocycles. The van der Waals surface area contributed by atoms with Gasteiger partial charge in [-0.3, -0.25) is 4.79 Å². The lowest BCUT2D eigenvalue weighted by molar-refractivity contribution is -0.120. The summed E-state index contributed by atoms with van der Waals surface area (Å²) in [7, 11) is 0. The molecule has 4 heteroatoms. The number of nitrogens with one attached hydrogen (secondary N) is 1. The lowest BCUT2D eigenvalue weighted by atomic mass is 10.1. The van der Waals surface area contributed by atoms with Crippen molar-refractivity contribution in [2.45, 2.75) is 19.9 Å². The Labute approximate surface area is 117 Å². The number of anilines is 1. The van der Waals surface area contributed by atoms with E-state index >= 15 is 0 Å². The maximum Gasteiger partial charge on any atom is 0.224 e. The monoisotopic (exact) mass is 272 g/mol. The Kier molecular flexibility index (Phi) is 4.35. The molecule has 0 spiro atoms. The van der Waals surface area contributed by atoms with Crippen molar-refractivity contribution >= 4 is 11.6 Å². The highest BCUT2D eigenvalue weighted by Crippen LogP contribution is 2.15. The van der Waals surface area contributed by atoms with E-state index < -0.39 is 0 Å². The van der Waals surface area contributed by atoms with E-state index in [1.165, 1.54) is 6.07 Å². The molecule has 20 heavy (non-hydrogen) atoms. The highest BCUT2D eigenvalue weighted by Gasteiger charge is 2.08. The van der Waals surface area contributed by atoms with Gasteiger partial charge in [0.15, 0.2) is 0 Å². The molecule has 0 aromatic heterocycles. The number of rotatable bonds is 4. The first kappa shape index (κ1) is 14.1. The molecule has 3 N–H and O–H groups in total. The highest BCUT2D eigenvalue weighted by molar-refractivity contribution is 5.78. The zero-order valence-corrected chi connectivity index (χ0v) is 11.3. The van der Waals surface area contributed by atoms with Crippen LogP contribution in [0.2, 0.25) is 0 Å². The maximum absolute atomic E-state index is 13.4. The molecule has 2 aromatic rings. The second-order valence-corrected chi connectivity index (χ2v) is 4.68. The van der Waals surface area contributed by atoms with Gasteiger partial charge in [0, 0.05) is 12.2 Å². The molecular weight excluding hydrogens is 255 g/mol. The molecule has 3 nitrogen and oxygen atoms in total. The fourth-order valence-electron chi connectivity index (χ4n) is 1.97. The Bertz CT molecular complexity index is 626. The van der Waals surface area contributed by atoms with E-state index in [-0.39, 0.29) is 18.1 Å². The van der Waals surface area contributed by atoms with Gasteiger partial charge in [0.2, 0.25) is 5.91 Å². The van der Waals surface area contributed by atoms with Crippen LogP contribution in [0.1, 0.15) is 16.7 Å². The summed E-state index contributed by atoms with van der Waals surface area (Å²) in [4.78, 5) is 11.8. The number of carbonyl (C=O) groups is 1. The Morgan fingerprint density at radius 2 is 1.85 bits per heavy atom. The van der Waals surface area contributed by atoms with E-state index in [4.69, 9.17) is 5.73 Å². The summed E-state index contributed by atoms with van der Waals surface area (Å²) < 4.78 is 13.4. The van der Waals surface area contributed by atoms with E-state index in [1.54, 1.807) is 18.2 Å². The predicted octanol–water partition coefficient (Wildman–Crippen LogP) is 2.58. The minimum absolute atomic E-state index is 0.0358. The van der Waals surface area contributed by atoms with Gasteiger partial charge in [-0.1, -0.05) is 30.3 Å². The third-order valence-corrected chi connectivity index (χ3v) is 3.27. The van der Waals surface area contributed by atoms with Gasteiger partial charge in [0.25, 0.3) is 0 Å². The van der Waals surface area contributed by atoms with Crippen molar-refractivity contribution in [1.29, 1.82) is 0 Å². The summed E-state index contributed by atoms with van der Waals surface area (Å²) in [6, 6.07) is 11.9. The second kappa shape index (κ2) is 6.19. The van der Waals surface area contributed by atoms with Crippen LogP contribution in [0.15, 0.2) is 42.5 Å². The van der Waals surface area contributed by atoms with Gasteiger partial charge in [-0.05, 0) is 35.7 Å². The molecule has 104 valence electrons. The molecule has 2 rings (SSSR count). The minimum Gasteiger partial charge on any atom is -0.399 e. The Hall–Kier alpha value is -2.36. The topological polar surface area (TPSA) is 55.1 Å². The number of nitrogen functional groups attached to an aromatic ring is 1. The fraction of sp³-hybridized carbons (Fsp3) is 0.188. The zero-order chi connectivity index (χ0) is 14.5. The van der Waals surface area contributed by atoms with Crippen molar-refractivity contribution in [2.24, 2.45) is 0 Å². The van der Waals surface area contributed by atoms with Crippen LogP contribution in [0.25, 0.3) is 0 Å². The standard InChI is InChI=1S/C16H17FN2O/c1-11-13(6-4-8-15(11)18)10-19-16(20)9-12-5-2-3-7-14(12)17/h2-8H,9-10,18H2,1H3,(H,19,20). The number of halogens is 1. The summed E-state index contributed by atoms with van der Waals surface area (Å²) in [5.74, 6) is -0.570. The van der Waals surface area contributed by atoms with Gasteiger partial charge in [-0.15, -0.1) is 0 Å². The third-order valence-electron chi connectivity index (χ3n) is 3.27. The smallest absolute Gasteiger partial charge is 0.224 e. The first-order valence-electron chi connectivity index (χ1n) is 6.42. The van der Waals surface area contributed by atoms with Crippen molar-refractivity contribution in [3.63, 3.8) is 0 Å². The number of hydrogen-bond acceptors (Lipinski definition) is 2. The number of carbonyl (C=O) groups excluding carboxylic acids is 1. The van der Waals surface area contributed by atoms with Crippen LogP contribution in [-0.4, -0.2) is 5.91 Å². The molecule has 0 aliphatic carbocycles. The van der Waals surface area contributed by atoms with E-state index in [0.717, 1.165) is 11.1 Å². The normalized spacial score (nSPS) is 10.3. The minimum atomic E-state index is -0.359. The van der Waals surface area contributed by atoms with Gasteiger partial charge in [-0.2, -0.15) is 0 Å². The van der Waals surface area contributed by atoms with E-state index in [9.17, 15) is 9.18 Å². The van der Waals surface area contributed by atoms with Crippen molar-refractivity contribution in [1.82, 2.24) is 5.32 Å². The quantitative estimate of drug-likeness (QED) is 0.840. The third kappa shape index (κ3) is 3.35. The summed E-state index contributed by atoms with van der Waals surface area (Å²) in [6.07, 6.45) is 0.0358. The molecule has 2 aromatic carbocycles. The average Bonchev–Trinajstić information content (AvgIpc) is 2.43. The van der Waals surface area contributed by atoms with Crippen LogP contribution in [0, 0.1) is 12.7 Å².